The lowest BCUT2D eigenvalue weighted by Crippen LogP contribution is -2.34. The molecule has 0 aromatic heterocycles. The normalized spacial score (nSPS) is 16.5. The van der Waals surface area contributed by atoms with Crippen molar-refractivity contribution in [1.82, 2.24) is 5.32 Å². The van der Waals surface area contributed by atoms with Crippen molar-refractivity contribution in [2.24, 2.45) is 0 Å². The molecule has 4 heteroatoms. The second-order valence-electron chi connectivity index (χ2n) is 4.35. The largest absolute Gasteiger partial charge is 0.446 e. The molecule has 1 fully saturated rings. The Morgan fingerprint density at radius 2 is 1.94 bits per heavy atom. The molecule has 92 valence electrons. The molecular formula is C13H18N2O2. The molecule has 0 radical (unpaired) electrons. The maximum Gasteiger partial charge on any atom is 0.411 e. The second-order valence-corrected chi connectivity index (χ2v) is 4.35. The predicted octanol–water partition coefficient (Wildman–Crippen LogP) is 2.30. The number of hydrogen-bond acceptors (Lipinski definition) is 3. The van der Waals surface area contributed by atoms with Gasteiger partial charge in [-0.2, -0.15) is 0 Å². The van der Waals surface area contributed by atoms with Gasteiger partial charge in [0.15, 0.2) is 0 Å². The van der Waals surface area contributed by atoms with E-state index in [9.17, 15) is 4.79 Å². The molecule has 0 unspecified atom stereocenters. The summed E-state index contributed by atoms with van der Waals surface area (Å²) in [6, 6.07) is 7.67. The highest BCUT2D eigenvalue weighted by molar-refractivity contribution is 5.84. The van der Waals surface area contributed by atoms with Crippen molar-refractivity contribution in [2.75, 3.05) is 18.4 Å². The van der Waals surface area contributed by atoms with Gasteiger partial charge in [0.05, 0.1) is 0 Å². The van der Waals surface area contributed by atoms with Crippen LogP contribution in [0.25, 0.3) is 0 Å². The fourth-order valence-electron chi connectivity index (χ4n) is 1.85. The number of benzene rings is 1. The summed E-state index contributed by atoms with van der Waals surface area (Å²) >= 11 is 0. The molecule has 1 aromatic rings. The first-order valence-corrected chi connectivity index (χ1v) is 5.99. The van der Waals surface area contributed by atoms with E-state index in [1.807, 2.05) is 31.2 Å². The van der Waals surface area contributed by atoms with Crippen molar-refractivity contribution in [2.45, 2.75) is 25.9 Å². The molecule has 0 saturated carbocycles. The van der Waals surface area contributed by atoms with Gasteiger partial charge in [-0.05, 0) is 45.0 Å². The SMILES string of the molecule is Cc1ccc(NC(=O)OC2CCNCC2)cc1. The highest BCUT2D eigenvalue weighted by Crippen LogP contribution is 2.11. The van der Waals surface area contributed by atoms with Crippen LogP contribution in [-0.2, 0) is 4.74 Å². The molecule has 0 bridgehead atoms. The standard InChI is InChI=1S/C13H18N2O2/c1-10-2-4-11(5-3-10)15-13(16)17-12-6-8-14-9-7-12/h2-5,12,14H,6-9H2,1H3,(H,15,16). The lowest BCUT2D eigenvalue weighted by Gasteiger charge is -2.22. The minimum Gasteiger partial charge on any atom is -0.446 e. The second kappa shape index (κ2) is 5.68. The Morgan fingerprint density at radius 3 is 2.59 bits per heavy atom. The monoisotopic (exact) mass is 234 g/mol. The summed E-state index contributed by atoms with van der Waals surface area (Å²) in [5.74, 6) is 0. The molecule has 0 aliphatic carbocycles. The Morgan fingerprint density at radius 1 is 1.29 bits per heavy atom. The maximum absolute atomic E-state index is 11.6. The highest BCUT2D eigenvalue weighted by atomic mass is 16.6. The van der Waals surface area contributed by atoms with Crippen LogP contribution in [0.5, 0.6) is 0 Å². The molecule has 1 aromatic carbocycles. The number of piperidine rings is 1. The summed E-state index contributed by atoms with van der Waals surface area (Å²) in [7, 11) is 0. The van der Waals surface area contributed by atoms with E-state index in [0.717, 1.165) is 31.6 Å². The molecule has 2 rings (SSSR count). The molecule has 17 heavy (non-hydrogen) atoms. The summed E-state index contributed by atoms with van der Waals surface area (Å²) in [5.41, 5.74) is 1.94. The van der Waals surface area contributed by atoms with Crippen molar-refractivity contribution in [3.63, 3.8) is 0 Å². The van der Waals surface area contributed by atoms with Crippen molar-refractivity contribution < 1.29 is 9.53 Å². The van der Waals surface area contributed by atoms with E-state index in [1.54, 1.807) is 0 Å². The van der Waals surface area contributed by atoms with Crippen LogP contribution in [-0.4, -0.2) is 25.3 Å². The fourth-order valence-corrected chi connectivity index (χ4v) is 1.85. The first-order valence-electron chi connectivity index (χ1n) is 5.99. The number of carbonyl (C=O) groups excluding carboxylic acids is 1. The molecule has 1 amide bonds. The van der Waals surface area contributed by atoms with Crippen LogP contribution in [0.1, 0.15) is 18.4 Å². The van der Waals surface area contributed by atoms with E-state index in [1.165, 1.54) is 5.56 Å². The van der Waals surface area contributed by atoms with E-state index in [-0.39, 0.29) is 12.2 Å². The van der Waals surface area contributed by atoms with Crippen LogP contribution in [0.15, 0.2) is 24.3 Å². The Bertz CT molecular complexity index is 370. The van der Waals surface area contributed by atoms with Crippen LogP contribution >= 0.6 is 0 Å². The number of ether oxygens (including phenoxy) is 1. The third-order valence-corrected chi connectivity index (χ3v) is 2.86. The zero-order valence-corrected chi connectivity index (χ0v) is 10.0. The molecule has 0 spiro atoms. The van der Waals surface area contributed by atoms with E-state index < -0.39 is 0 Å². The number of carbonyl (C=O) groups is 1. The van der Waals surface area contributed by atoms with Crippen LogP contribution in [0.3, 0.4) is 0 Å². The first kappa shape index (κ1) is 11.9. The molecule has 2 N–H and O–H groups in total. The van der Waals surface area contributed by atoms with Gasteiger partial charge in [-0.25, -0.2) is 4.79 Å². The molecule has 1 saturated heterocycles. The minimum absolute atomic E-state index is 0.0432. The summed E-state index contributed by atoms with van der Waals surface area (Å²) < 4.78 is 5.34. The Balaban J connectivity index is 1.82. The van der Waals surface area contributed by atoms with E-state index in [0.29, 0.717) is 0 Å². The average molecular weight is 234 g/mol. The molecule has 1 aliphatic heterocycles. The Labute approximate surface area is 101 Å². The molecular weight excluding hydrogens is 216 g/mol. The number of hydrogen-bond donors (Lipinski definition) is 2. The van der Waals surface area contributed by atoms with E-state index >= 15 is 0 Å². The predicted molar refractivity (Wildman–Crippen MR) is 67.2 cm³/mol. The van der Waals surface area contributed by atoms with Gasteiger partial charge in [0, 0.05) is 5.69 Å². The van der Waals surface area contributed by atoms with Gasteiger partial charge in [-0.3, -0.25) is 5.32 Å². The first-order chi connectivity index (χ1) is 8.24. The number of rotatable bonds is 2. The fraction of sp³-hybridized carbons (Fsp3) is 0.462. The van der Waals surface area contributed by atoms with E-state index in [4.69, 9.17) is 4.74 Å². The summed E-state index contributed by atoms with van der Waals surface area (Å²) in [4.78, 5) is 11.6. The number of aryl methyl sites for hydroxylation is 1. The third-order valence-electron chi connectivity index (χ3n) is 2.86. The summed E-state index contributed by atoms with van der Waals surface area (Å²) in [5, 5.41) is 5.97. The van der Waals surface area contributed by atoms with Crippen LogP contribution in [0.2, 0.25) is 0 Å². The quantitative estimate of drug-likeness (QED) is 0.825. The Kier molecular flexibility index (Phi) is 3.98. The lowest BCUT2D eigenvalue weighted by molar-refractivity contribution is 0.0909. The molecule has 1 aliphatic rings. The average Bonchev–Trinajstić information content (AvgIpc) is 2.33. The third kappa shape index (κ3) is 3.75. The van der Waals surface area contributed by atoms with Gasteiger partial charge in [0.1, 0.15) is 6.10 Å². The zero-order chi connectivity index (χ0) is 12.1. The van der Waals surface area contributed by atoms with Gasteiger partial charge in [0.25, 0.3) is 0 Å². The smallest absolute Gasteiger partial charge is 0.411 e. The minimum atomic E-state index is -0.360. The topological polar surface area (TPSA) is 50.4 Å². The molecule has 1 heterocycles. The highest BCUT2D eigenvalue weighted by Gasteiger charge is 2.17. The van der Waals surface area contributed by atoms with Crippen molar-refractivity contribution >= 4 is 11.8 Å². The van der Waals surface area contributed by atoms with Gasteiger partial charge in [-0.1, -0.05) is 17.7 Å². The van der Waals surface area contributed by atoms with Crippen LogP contribution < -0.4 is 10.6 Å². The summed E-state index contributed by atoms with van der Waals surface area (Å²) in [6.45, 7) is 3.85. The van der Waals surface area contributed by atoms with Gasteiger partial charge < -0.3 is 10.1 Å². The van der Waals surface area contributed by atoms with E-state index in [2.05, 4.69) is 10.6 Å². The van der Waals surface area contributed by atoms with Gasteiger partial charge >= 0.3 is 6.09 Å². The van der Waals surface area contributed by atoms with Gasteiger partial charge in [0.2, 0.25) is 0 Å². The van der Waals surface area contributed by atoms with Crippen molar-refractivity contribution in [1.29, 1.82) is 0 Å². The van der Waals surface area contributed by atoms with Crippen LogP contribution in [0, 0.1) is 6.92 Å². The van der Waals surface area contributed by atoms with Crippen molar-refractivity contribution in [3.05, 3.63) is 29.8 Å². The van der Waals surface area contributed by atoms with Gasteiger partial charge in [-0.15, -0.1) is 0 Å². The molecule has 0 atom stereocenters. The lowest BCUT2D eigenvalue weighted by atomic mass is 10.1. The number of anilines is 1. The molecule has 4 nitrogen and oxygen atoms in total. The maximum atomic E-state index is 11.6. The number of nitrogens with one attached hydrogen (secondary N) is 2. The number of amides is 1. The Hall–Kier alpha value is -1.55. The van der Waals surface area contributed by atoms with Crippen LogP contribution in [0.4, 0.5) is 10.5 Å². The zero-order valence-electron chi connectivity index (χ0n) is 10.0. The summed E-state index contributed by atoms with van der Waals surface area (Å²) in [6.07, 6.45) is 1.46. The van der Waals surface area contributed by atoms with Crippen molar-refractivity contribution in [3.8, 4) is 0 Å².